The molecule has 2 rings (SSSR count). The lowest BCUT2D eigenvalue weighted by Gasteiger charge is -2.16. The molecule has 2 aromatic rings. The molecule has 8 nitrogen and oxygen atoms in total. The van der Waals surface area contributed by atoms with E-state index >= 15 is 0 Å². The van der Waals surface area contributed by atoms with Crippen LogP contribution in [0.15, 0.2) is 22.0 Å². The van der Waals surface area contributed by atoms with E-state index in [1.807, 2.05) is 7.05 Å². The van der Waals surface area contributed by atoms with E-state index in [0.717, 1.165) is 0 Å². The highest BCUT2D eigenvalue weighted by atomic mass is 79.9. The number of hydrogen-bond acceptors (Lipinski definition) is 5. The van der Waals surface area contributed by atoms with E-state index in [4.69, 9.17) is 0 Å². The Morgan fingerprint density at radius 3 is 2.58 bits per heavy atom. The molecule has 0 amide bonds. The molecule has 19 heavy (non-hydrogen) atoms. The molecule has 0 unspecified atom stereocenters. The van der Waals surface area contributed by atoms with Crippen LogP contribution in [0.5, 0.6) is 0 Å². The fourth-order valence-corrected chi connectivity index (χ4v) is 3.72. The third kappa shape index (κ3) is 2.55. The van der Waals surface area contributed by atoms with Crippen LogP contribution in [-0.2, 0) is 30.7 Å². The van der Waals surface area contributed by atoms with Gasteiger partial charge in [0.15, 0.2) is 4.60 Å². The zero-order valence-electron chi connectivity index (χ0n) is 10.6. The maximum atomic E-state index is 12.4. The molecular weight excluding hydrogens is 336 g/mol. The Balaban J connectivity index is 2.33. The van der Waals surface area contributed by atoms with Gasteiger partial charge in [-0.1, -0.05) is 5.21 Å². The van der Waals surface area contributed by atoms with Crippen LogP contribution < -0.4 is 0 Å². The van der Waals surface area contributed by atoms with Gasteiger partial charge in [0.25, 0.3) is 10.0 Å². The highest BCUT2D eigenvalue weighted by molar-refractivity contribution is 9.10. The molecule has 0 aromatic carbocycles. The van der Waals surface area contributed by atoms with Crippen molar-refractivity contribution in [2.24, 2.45) is 14.1 Å². The van der Waals surface area contributed by atoms with Crippen molar-refractivity contribution in [2.45, 2.75) is 11.6 Å². The minimum Gasteiger partial charge on any atom is -0.337 e. The Morgan fingerprint density at radius 2 is 2.11 bits per heavy atom. The zero-order valence-corrected chi connectivity index (χ0v) is 13.1. The van der Waals surface area contributed by atoms with E-state index in [0.29, 0.717) is 5.82 Å². The number of sulfonamides is 1. The zero-order chi connectivity index (χ0) is 14.2. The van der Waals surface area contributed by atoms with Crippen LogP contribution in [0, 0.1) is 0 Å². The molecule has 0 atom stereocenters. The summed E-state index contributed by atoms with van der Waals surface area (Å²) in [6.45, 7) is 0.170. The van der Waals surface area contributed by atoms with E-state index < -0.39 is 10.0 Å². The number of hydrogen-bond donors (Lipinski definition) is 0. The van der Waals surface area contributed by atoms with Crippen molar-refractivity contribution in [3.05, 3.63) is 22.8 Å². The van der Waals surface area contributed by atoms with Crippen molar-refractivity contribution in [2.75, 3.05) is 7.05 Å². The van der Waals surface area contributed by atoms with Crippen molar-refractivity contribution >= 4 is 26.0 Å². The predicted octanol–water partition coefficient (Wildman–Crippen LogP) is 0.132. The van der Waals surface area contributed by atoms with Gasteiger partial charge in [-0.2, -0.15) is 4.31 Å². The lowest BCUT2D eigenvalue weighted by atomic mass is 10.6. The number of imidazole rings is 1. The number of rotatable bonds is 4. The second kappa shape index (κ2) is 5.02. The highest BCUT2D eigenvalue weighted by Crippen LogP contribution is 2.22. The molecule has 104 valence electrons. The Morgan fingerprint density at radius 1 is 1.42 bits per heavy atom. The summed E-state index contributed by atoms with van der Waals surface area (Å²) >= 11 is 3.09. The molecule has 0 N–H and O–H groups in total. The van der Waals surface area contributed by atoms with Gasteiger partial charge in [-0.15, -0.1) is 5.10 Å². The summed E-state index contributed by atoms with van der Waals surface area (Å²) in [5.41, 5.74) is 0. The average Bonchev–Trinajstić information content (AvgIpc) is 2.86. The van der Waals surface area contributed by atoms with Crippen molar-refractivity contribution in [3.63, 3.8) is 0 Å². The minimum absolute atomic E-state index is 0.0178. The maximum absolute atomic E-state index is 12.4. The predicted molar refractivity (Wildman–Crippen MR) is 70.6 cm³/mol. The van der Waals surface area contributed by atoms with Gasteiger partial charge in [0.05, 0.1) is 6.54 Å². The second-order valence-electron chi connectivity index (χ2n) is 4.02. The van der Waals surface area contributed by atoms with E-state index in [1.54, 1.807) is 17.0 Å². The molecule has 2 heterocycles. The molecule has 0 spiro atoms. The lowest BCUT2D eigenvalue weighted by Crippen LogP contribution is -2.29. The van der Waals surface area contributed by atoms with Crippen LogP contribution in [0.2, 0.25) is 0 Å². The Kier molecular flexibility index (Phi) is 3.74. The van der Waals surface area contributed by atoms with Crippen molar-refractivity contribution in [1.82, 2.24) is 28.9 Å². The number of aryl methyl sites for hydroxylation is 2. The summed E-state index contributed by atoms with van der Waals surface area (Å²) in [5.74, 6) is 0.650. The molecule has 0 saturated carbocycles. The van der Waals surface area contributed by atoms with Crippen LogP contribution in [0.4, 0.5) is 0 Å². The summed E-state index contributed by atoms with van der Waals surface area (Å²) < 4.78 is 29.2. The van der Waals surface area contributed by atoms with Crippen LogP contribution in [0.25, 0.3) is 0 Å². The third-order valence-corrected chi connectivity index (χ3v) is 5.37. The highest BCUT2D eigenvalue weighted by Gasteiger charge is 2.29. The molecule has 10 heteroatoms. The SMILES string of the molecule is CN(Cc1nccn1C)S(=O)(=O)c1c(Br)nnn1C. The van der Waals surface area contributed by atoms with E-state index in [9.17, 15) is 8.42 Å². The minimum atomic E-state index is -3.68. The Labute approximate surface area is 119 Å². The van der Waals surface area contributed by atoms with E-state index in [-0.39, 0.29) is 16.2 Å². The van der Waals surface area contributed by atoms with Gasteiger partial charge in [0, 0.05) is 33.5 Å². The average molecular weight is 349 g/mol. The summed E-state index contributed by atoms with van der Waals surface area (Å²) in [4.78, 5) is 4.10. The van der Waals surface area contributed by atoms with Crippen LogP contribution >= 0.6 is 15.9 Å². The molecule has 0 aliphatic rings. The van der Waals surface area contributed by atoms with Gasteiger partial charge in [-0.05, 0) is 15.9 Å². The fraction of sp³-hybridized carbons (Fsp3) is 0.444. The third-order valence-electron chi connectivity index (χ3n) is 2.68. The Hall–Kier alpha value is -1.26. The summed E-state index contributed by atoms with van der Waals surface area (Å²) in [7, 11) is 1.15. The van der Waals surface area contributed by atoms with Gasteiger partial charge in [-0.3, -0.25) is 0 Å². The molecule has 2 aromatic heterocycles. The summed E-state index contributed by atoms with van der Waals surface area (Å²) in [6.07, 6.45) is 3.38. The quantitative estimate of drug-likeness (QED) is 0.783. The molecule has 0 aliphatic heterocycles. The van der Waals surface area contributed by atoms with Gasteiger partial charge < -0.3 is 4.57 Å². The normalized spacial score (nSPS) is 12.3. The maximum Gasteiger partial charge on any atom is 0.263 e. The van der Waals surface area contributed by atoms with E-state index in [1.165, 1.54) is 23.1 Å². The first-order chi connectivity index (χ1) is 8.84. The first-order valence-corrected chi connectivity index (χ1v) is 7.55. The van der Waals surface area contributed by atoms with Crippen LogP contribution in [0.1, 0.15) is 5.82 Å². The molecular formula is C9H13BrN6O2S. The van der Waals surface area contributed by atoms with Crippen molar-refractivity contribution < 1.29 is 8.42 Å². The van der Waals surface area contributed by atoms with Crippen LogP contribution in [-0.4, -0.2) is 44.3 Å². The first kappa shape index (κ1) is 14.2. The van der Waals surface area contributed by atoms with E-state index in [2.05, 4.69) is 31.2 Å². The molecule has 0 fully saturated rings. The topological polar surface area (TPSA) is 85.9 Å². The first-order valence-electron chi connectivity index (χ1n) is 5.31. The molecule has 0 bridgehead atoms. The summed E-state index contributed by atoms with van der Waals surface area (Å²) in [5, 5.41) is 7.37. The van der Waals surface area contributed by atoms with Gasteiger partial charge in [0.1, 0.15) is 5.82 Å². The summed E-state index contributed by atoms with van der Waals surface area (Å²) in [6, 6.07) is 0. The Bertz CT molecular complexity index is 672. The molecule has 0 radical (unpaired) electrons. The van der Waals surface area contributed by atoms with Gasteiger partial charge >= 0.3 is 0 Å². The smallest absolute Gasteiger partial charge is 0.263 e. The van der Waals surface area contributed by atoms with Crippen molar-refractivity contribution in [3.8, 4) is 0 Å². The molecule has 0 aliphatic carbocycles. The largest absolute Gasteiger partial charge is 0.337 e. The van der Waals surface area contributed by atoms with Crippen LogP contribution in [0.3, 0.4) is 0 Å². The second-order valence-corrected chi connectivity index (χ2v) is 6.74. The number of halogens is 1. The number of nitrogens with zero attached hydrogens (tertiary/aromatic N) is 6. The standard InChI is InChI=1S/C9H13BrN6O2S/c1-14-5-4-11-7(14)6-15(2)19(17,18)9-8(10)12-13-16(9)3/h4-5H,6H2,1-3H3. The van der Waals surface area contributed by atoms with Gasteiger partial charge in [-0.25, -0.2) is 18.1 Å². The number of aromatic nitrogens is 5. The monoisotopic (exact) mass is 348 g/mol. The molecule has 0 saturated heterocycles. The fourth-order valence-electron chi connectivity index (χ4n) is 1.58. The van der Waals surface area contributed by atoms with Crippen molar-refractivity contribution in [1.29, 1.82) is 0 Å². The van der Waals surface area contributed by atoms with Gasteiger partial charge in [0.2, 0.25) is 5.03 Å². The lowest BCUT2D eigenvalue weighted by molar-refractivity contribution is 0.442.